The second-order valence-corrected chi connectivity index (χ2v) is 10.5. The van der Waals surface area contributed by atoms with E-state index in [9.17, 15) is 9.59 Å². The van der Waals surface area contributed by atoms with Gasteiger partial charge in [-0.3, -0.25) is 4.79 Å². The highest BCUT2D eigenvalue weighted by Gasteiger charge is 2.21. The van der Waals surface area contributed by atoms with Gasteiger partial charge in [-0.1, -0.05) is 46.3 Å². The lowest BCUT2D eigenvalue weighted by Gasteiger charge is -2.21. The molecule has 1 aliphatic heterocycles. The highest BCUT2D eigenvalue weighted by Crippen LogP contribution is 2.28. The number of ketones is 1. The zero-order chi connectivity index (χ0) is 27.2. The van der Waals surface area contributed by atoms with Gasteiger partial charge in [0.05, 0.1) is 11.9 Å². The minimum atomic E-state index is -0.320. The van der Waals surface area contributed by atoms with Gasteiger partial charge in [-0.05, 0) is 85.4 Å². The summed E-state index contributed by atoms with van der Waals surface area (Å²) in [6, 6.07) is 22.5. The number of piperidine rings is 1. The average molecular weight is 586 g/mol. The first kappa shape index (κ1) is 26.5. The smallest absolute Gasteiger partial charge is 0.323 e. The Hall–Kier alpha value is -4.08. The van der Waals surface area contributed by atoms with Crippen LogP contribution in [0.15, 0.2) is 83.5 Å². The van der Waals surface area contributed by atoms with E-state index in [1.807, 2.05) is 72.8 Å². The molecule has 1 aliphatic rings. The van der Waals surface area contributed by atoms with Crippen molar-refractivity contribution in [1.29, 1.82) is 0 Å². The van der Waals surface area contributed by atoms with Crippen molar-refractivity contribution < 1.29 is 9.59 Å². The largest absolute Gasteiger partial charge is 0.382 e. The molecule has 2 heterocycles. The van der Waals surface area contributed by atoms with Gasteiger partial charge in [0.2, 0.25) is 0 Å². The summed E-state index contributed by atoms with van der Waals surface area (Å²) in [5.41, 5.74) is 11.0. The number of halogens is 1. The van der Waals surface area contributed by atoms with E-state index in [1.165, 1.54) is 0 Å². The molecule has 3 aromatic carbocycles. The van der Waals surface area contributed by atoms with Gasteiger partial charge in [0.25, 0.3) is 0 Å². The maximum absolute atomic E-state index is 13.0. The molecule has 9 heteroatoms. The number of nitrogens with zero attached hydrogens (tertiary/aromatic N) is 2. The van der Waals surface area contributed by atoms with E-state index in [4.69, 9.17) is 5.73 Å². The summed E-state index contributed by atoms with van der Waals surface area (Å²) in [4.78, 5) is 34.2. The molecule has 0 unspecified atom stereocenters. The minimum absolute atomic E-state index is 0.0704. The number of anilines is 3. The fraction of sp³-hybridized carbons (Fsp3) is 0.200. The van der Waals surface area contributed by atoms with Gasteiger partial charge in [-0.25, -0.2) is 14.8 Å². The molecule has 1 aromatic heterocycles. The summed E-state index contributed by atoms with van der Waals surface area (Å²) in [5, 5.41) is 9.00. The van der Waals surface area contributed by atoms with E-state index in [0.29, 0.717) is 29.4 Å². The van der Waals surface area contributed by atoms with Crippen molar-refractivity contribution in [1.82, 2.24) is 15.3 Å². The summed E-state index contributed by atoms with van der Waals surface area (Å²) in [6.45, 7) is 1.84. The monoisotopic (exact) mass is 584 g/mol. The van der Waals surface area contributed by atoms with E-state index in [2.05, 4.69) is 41.8 Å². The van der Waals surface area contributed by atoms with Crippen molar-refractivity contribution in [2.24, 2.45) is 5.92 Å². The molecule has 39 heavy (non-hydrogen) atoms. The number of nitrogens with one attached hydrogen (secondary N) is 3. The molecule has 0 radical (unpaired) electrons. The molecule has 1 fully saturated rings. The molecule has 198 valence electrons. The van der Waals surface area contributed by atoms with Crippen LogP contribution in [-0.2, 0) is 0 Å². The fourth-order valence-electron chi connectivity index (χ4n) is 4.63. The molecule has 5 N–H and O–H groups in total. The molecule has 2 amide bonds. The topological polar surface area (TPSA) is 122 Å². The predicted molar refractivity (Wildman–Crippen MR) is 159 cm³/mol. The van der Waals surface area contributed by atoms with Gasteiger partial charge in [-0.15, -0.1) is 0 Å². The average Bonchev–Trinajstić information content (AvgIpc) is 2.95. The summed E-state index contributed by atoms with van der Waals surface area (Å²) in [7, 11) is 0. The van der Waals surface area contributed by atoms with Crippen molar-refractivity contribution in [2.45, 2.75) is 19.3 Å². The van der Waals surface area contributed by atoms with Gasteiger partial charge in [0.15, 0.2) is 11.6 Å². The molecule has 8 nitrogen and oxygen atoms in total. The molecule has 5 rings (SSSR count). The van der Waals surface area contributed by atoms with Crippen molar-refractivity contribution in [3.05, 3.63) is 89.2 Å². The van der Waals surface area contributed by atoms with E-state index in [0.717, 1.165) is 47.1 Å². The summed E-state index contributed by atoms with van der Waals surface area (Å²) in [6.07, 6.45) is 4.11. The minimum Gasteiger partial charge on any atom is -0.382 e. The summed E-state index contributed by atoms with van der Waals surface area (Å²) < 4.78 is 0.943. The van der Waals surface area contributed by atoms with Crippen LogP contribution in [0.3, 0.4) is 0 Å². The number of carbonyl (C=O) groups excluding carboxylic acids is 2. The van der Waals surface area contributed by atoms with Crippen LogP contribution in [-0.4, -0.2) is 34.9 Å². The van der Waals surface area contributed by atoms with Crippen LogP contribution in [0.25, 0.3) is 22.4 Å². The Bertz CT molecular complexity index is 1470. The number of urea groups is 1. The Kier molecular flexibility index (Phi) is 8.29. The number of benzene rings is 3. The van der Waals surface area contributed by atoms with Crippen LogP contribution in [0, 0.1) is 5.92 Å². The van der Waals surface area contributed by atoms with Gasteiger partial charge in [0, 0.05) is 27.8 Å². The number of amides is 2. The number of nitrogen functional groups attached to an aromatic ring is 1. The SMILES string of the molecule is Nc1ncc(-c2cccc(-c3ccc(NC(=O)Nc4ccc(Br)cc4)cc3)c2)nc1C(=O)C[C@H]1CCCNC1. The van der Waals surface area contributed by atoms with Gasteiger partial charge in [-0.2, -0.15) is 0 Å². The van der Waals surface area contributed by atoms with E-state index < -0.39 is 0 Å². The van der Waals surface area contributed by atoms with Crippen molar-refractivity contribution >= 4 is 44.9 Å². The maximum atomic E-state index is 13.0. The van der Waals surface area contributed by atoms with Crippen LogP contribution in [0.4, 0.5) is 22.0 Å². The number of nitrogens with two attached hydrogens (primary N) is 1. The van der Waals surface area contributed by atoms with Crippen LogP contribution in [0.1, 0.15) is 29.8 Å². The van der Waals surface area contributed by atoms with E-state index in [-0.39, 0.29) is 23.3 Å². The Labute approximate surface area is 235 Å². The lowest BCUT2D eigenvalue weighted by atomic mass is 9.93. The first-order valence-electron chi connectivity index (χ1n) is 12.9. The van der Waals surface area contributed by atoms with Gasteiger partial charge >= 0.3 is 6.03 Å². The Morgan fingerprint density at radius 3 is 2.33 bits per heavy atom. The highest BCUT2D eigenvalue weighted by atomic mass is 79.9. The van der Waals surface area contributed by atoms with Crippen LogP contribution in [0.2, 0.25) is 0 Å². The van der Waals surface area contributed by atoms with Crippen molar-refractivity contribution in [2.75, 3.05) is 29.5 Å². The Morgan fingerprint density at radius 1 is 0.949 bits per heavy atom. The highest BCUT2D eigenvalue weighted by molar-refractivity contribution is 9.10. The number of Topliss-reactive ketones (excluding diaryl/α,β-unsaturated/α-hetero) is 1. The maximum Gasteiger partial charge on any atom is 0.323 e. The second kappa shape index (κ2) is 12.2. The third-order valence-electron chi connectivity index (χ3n) is 6.67. The third-order valence-corrected chi connectivity index (χ3v) is 7.20. The third kappa shape index (κ3) is 6.87. The Morgan fingerprint density at radius 2 is 1.64 bits per heavy atom. The normalized spacial score (nSPS) is 14.9. The summed E-state index contributed by atoms with van der Waals surface area (Å²) in [5.74, 6) is 0.388. The first-order chi connectivity index (χ1) is 18.9. The van der Waals surface area contributed by atoms with E-state index >= 15 is 0 Å². The number of aromatic nitrogens is 2. The molecule has 0 bridgehead atoms. The zero-order valence-corrected chi connectivity index (χ0v) is 22.9. The quantitative estimate of drug-likeness (QED) is 0.187. The van der Waals surface area contributed by atoms with Crippen molar-refractivity contribution in [3.63, 3.8) is 0 Å². The molecular formula is C30H29BrN6O2. The molecule has 0 saturated carbocycles. The first-order valence-corrected chi connectivity index (χ1v) is 13.6. The lowest BCUT2D eigenvalue weighted by molar-refractivity contribution is 0.0949. The second-order valence-electron chi connectivity index (χ2n) is 9.57. The molecular weight excluding hydrogens is 556 g/mol. The lowest BCUT2D eigenvalue weighted by Crippen LogP contribution is -2.31. The number of hydrogen-bond donors (Lipinski definition) is 4. The molecule has 1 saturated heterocycles. The van der Waals surface area contributed by atoms with Crippen LogP contribution >= 0.6 is 15.9 Å². The van der Waals surface area contributed by atoms with Gasteiger partial charge in [0.1, 0.15) is 5.69 Å². The van der Waals surface area contributed by atoms with Crippen LogP contribution in [0.5, 0.6) is 0 Å². The van der Waals surface area contributed by atoms with E-state index in [1.54, 1.807) is 6.20 Å². The fourth-order valence-corrected chi connectivity index (χ4v) is 4.89. The standard InChI is InChI=1S/C30H29BrN6O2/c31-23-8-12-25(13-9-23)36-30(39)35-24-10-6-20(7-11-24)21-4-1-5-22(16-21)26-18-34-29(32)28(37-26)27(38)15-19-3-2-14-33-17-19/h1,4-13,16,18-19,33H,2-3,14-15,17H2,(H2,32,34)(H2,35,36,39)/t19-/m1/s1. The predicted octanol–water partition coefficient (Wildman–Crippen LogP) is 6.37. The molecule has 0 aliphatic carbocycles. The zero-order valence-electron chi connectivity index (χ0n) is 21.3. The Balaban J connectivity index is 1.28. The van der Waals surface area contributed by atoms with Crippen molar-refractivity contribution in [3.8, 4) is 22.4 Å². The van der Waals surface area contributed by atoms with Gasteiger partial charge < -0.3 is 21.7 Å². The number of hydrogen-bond acceptors (Lipinski definition) is 6. The van der Waals surface area contributed by atoms with Crippen LogP contribution < -0.4 is 21.7 Å². The summed E-state index contributed by atoms with van der Waals surface area (Å²) >= 11 is 3.38. The number of carbonyl (C=O) groups is 2. The number of rotatable bonds is 7. The molecule has 0 spiro atoms. The molecule has 1 atom stereocenters. The molecule has 4 aromatic rings.